The molecule has 0 unspecified atom stereocenters. The van der Waals surface area contributed by atoms with Crippen molar-refractivity contribution in [2.45, 2.75) is 6.92 Å². The number of carbonyl (C=O) groups excluding carboxylic acids is 2. The van der Waals surface area contributed by atoms with E-state index in [4.69, 9.17) is 14.0 Å². The lowest BCUT2D eigenvalue weighted by atomic mass is 10.1. The minimum absolute atomic E-state index is 0.172. The molecule has 7 nitrogen and oxygen atoms in total. The molecule has 158 valence electrons. The first-order valence-electron chi connectivity index (χ1n) is 9.55. The molecule has 0 saturated carbocycles. The van der Waals surface area contributed by atoms with Gasteiger partial charge in [-0.2, -0.15) is 0 Å². The normalized spacial score (nSPS) is 10.6. The number of aromatic nitrogens is 1. The standard InChI is InChI=1S/C24H22N2O5/c1-3-14-29-20-11-6-18(7-12-20)8-13-24(28)30-16-22(27)25-23-15-21(26-31-23)19-9-4-17(2)5-10-19/h3-13,15H,1,14,16H2,2H3,(H,25,27)/b13-8+. The Kier molecular flexibility index (Phi) is 7.37. The maximum Gasteiger partial charge on any atom is 0.331 e. The molecule has 1 amide bonds. The van der Waals surface area contributed by atoms with Crippen LogP contribution in [0.5, 0.6) is 5.75 Å². The van der Waals surface area contributed by atoms with E-state index in [1.54, 1.807) is 42.5 Å². The van der Waals surface area contributed by atoms with Gasteiger partial charge in [-0.25, -0.2) is 4.79 Å². The van der Waals surface area contributed by atoms with Crippen molar-refractivity contribution in [1.29, 1.82) is 0 Å². The predicted octanol–water partition coefficient (Wildman–Crippen LogP) is 4.41. The molecule has 1 aromatic heterocycles. The van der Waals surface area contributed by atoms with Crippen LogP contribution in [0.3, 0.4) is 0 Å². The Bertz CT molecular complexity index is 1070. The highest BCUT2D eigenvalue weighted by Gasteiger charge is 2.11. The predicted molar refractivity (Wildman–Crippen MR) is 117 cm³/mol. The molecule has 0 aliphatic carbocycles. The van der Waals surface area contributed by atoms with Crippen LogP contribution in [0.4, 0.5) is 5.88 Å². The van der Waals surface area contributed by atoms with Crippen molar-refractivity contribution in [3.63, 3.8) is 0 Å². The zero-order valence-electron chi connectivity index (χ0n) is 17.0. The maximum absolute atomic E-state index is 12.0. The molecule has 0 saturated heterocycles. The first-order valence-corrected chi connectivity index (χ1v) is 9.55. The Morgan fingerprint density at radius 3 is 2.58 bits per heavy atom. The molecule has 3 rings (SSSR count). The van der Waals surface area contributed by atoms with Gasteiger partial charge in [0.2, 0.25) is 5.88 Å². The Balaban J connectivity index is 1.45. The minimum atomic E-state index is -0.639. The molecule has 0 spiro atoms. The SMILES string of the molecule is C=CCOc1ccc(/C=C/C(=O)OCC(=O)Nc2cc(-c3ccc(C)cc3)no2)cc1. The number of anilines is 1. The third kappa shape index (κ3) is 6.71. The fourth-order valence-electron chi connectivity index (χ4n) is 2.55. The smallest absolute Gasteiger partial charge is 0.331 e. The van der Waals surface area contributed by atoms with Crippen molar-refractivity contribution in [2.75, 3.05) is 18.5 Å². The zero-order valence-corrected chi connectivity index (χ0v) is 17.0. The summed E-state index contributed by atoms with van der Waals surface area (Å²) in [6.07, 6.45) is 4.49. The maximum atomic E-state index is 12.0. The molecule has 7 heteroatoms. The number of aryl methyl sites for hydroxylation is 1. The summed E-state index contributed by atoms with van der Waals surface area (Å²) in [5.74, 6) is -0.294. The molecule has 0 atom stereocenters. The van der Waals surface area contributed by atoms with Gasteiger partial charge in [0, 0.05) is 17.7 Å². The second-order valence-electron chi connectivity index (χ2n) is 6.60. The van der Waals surface area contributed by atoms with Gasteiger partial charge >= 0.3 is 5.97 Å². The van der Waals surface area contributed by atoms with Crippen LogP contribution in [0.15, 0.2) is 77.9 Å². The van der Waals surface area contributed by atoms with E-state index >= 15 is 0 Å². The van der Waals surface area contributed by atoms with Gasteiger partial charge in [0.15, 0.2) is 6.61 Å². The van der Waals surface area contributed by atoms with Gasteiger partial charge in [0.05, 0.1) is 0 Å². The number of amides is 1. The largest absolute Gasteiger partial charge is 0.490 e. The first-order chi connectivity index (χ1) is 15.0. The number of nitrogens with zero attached hydrogens (tertiary/aromatic N) is 1. The zero-order chi connectivity index (χ0) is 22.1. The number of esters is 1. The van der Waals surface area contributed by atoms with E-state index in [9.17, 15) is 9.59 Å². The highest BCUT2D eigenvalue weighted by molar-refractivity contribution is 5.94. The van der Waals surface area contributed by atoms with Crippen LogP contribution >= 0.6 is 0 Å². The average Bonchev–Trinajstić information content (AvgIpc) is 3.24. The van der Waals surface area contributed by atoms with Crippen molar-refractivity contribution in [1.82, 2.24) is 5.16 Å². The van der Waals surface area contributed by atoms with Crippen LogP contribution in [-0.4, -0.2) is 30.2 Å². The Morgan fingerprint density at radius 1 is 1.13 bits per heavy atom. The summed E-state index contributed by atoms with van der Waals surface area (Å²) in [6, 6.07) is 16.5. The van der Waals surface area contributed by atoms with Crippen LogP contribution < -0.4 is 10.1 Å². The van der Waals surface area contributed by atoms with Gasteiger partial charge in [0.25, 0.3) is 5.91 Å². The van der Waals surface area contributed by atoms with E-state index in [1.165, 1.54) is 6.08 Å². The summed E-state index contributed by atoms with van der Waals surface area (Å²) >= 11 is 0. The van der Waals surface area contributed by atoms with Gasteiger partial charge in [-0.15, -0.1) is 0 Å². The number of benzene rings is 2. The molecular weight excluding hydrogens is 396 g/mol. The number of carbonyl (C=O) groups is 2. The molecule has 2 aromatic carbocycles. The highest BCUT2D eigenvalue weighted by atomic mass is 16.5. The third-order valence-electron chi connectivity index (χ3n) is 4.13. The molecule has 31 heavy (non-hydrogen) atoms. The molecule has 0 fully saturated rings. The second kappa shape index (κ2) is 10.6. The average molecular weight is 418 g/mol. The van der Waals surface area contributed by atoms with Gasteiger partial charge in [-0.1, -0.05) is 59.8 Å². The Hall–Kier alpha value is -4.13. The molecular formula is C24H22N2O5. The van der Waals surface area contributed by atoms with Crippen LogP contribution in [0.2, 0.25) is 0 Å². The number of ether oxygens (including phenoxy) is 2. The summed E-state index contributed by atoms with van der Waals surface area (Å²) in [4.78, 5) is 23.8. The molecule has 0 radical (unpaired) electrons. The van der Waals surface area contributed by atoms with Crippen LogP contribution in [-0.2, 0) is 14.3 Å². The van der Waals surface area contributed by atoms with Crippen LogP contribution in [0.25, 0.3) is 17.3 Å². The Labute approximate surface area is 180 Å². The van der Waals surface area contributed by atoms with Crippen LogP contribution in [0, 0.1) is 6.92 Å². The van der Waals surface area contributed by atoms with E-state index in [0.717, 1.165) is 16.7 Å². The monoisotopic (exact) mass is 418 g/mol. The van der Waals surface area contributed by atoms with Crippen molar-refractivity contribution < 1.29 is 23.6 Å². The van der Waals surface area contributed by atoms with Crippen molar-refractivity contribution in [2.24, 2.45) is 0 Å². The summed E-state index contributed by atoms with van der Waals surface area (Å²) in [6.45, 7) is 5.55. The molecule has 3 aromatic rings. The molecule has 1 heterocycles. The Morgan fingerprint density at radius 2 is 1.87 bits per heavy atom. The van der Waals surface area contributed by atoms with Crippen molar-refractivity contribution in [3.05, 3.63) is 84.5 Å². The van der Waals surface area contributed by atoms with Gasteiger partial charge in [-0.05, 0) is 30.7 Å². The number of nitrogens with one attached hydrogen (secondary N) is 1. The molecule has 0 aliphatic rings. The van der Waals surface area contributed by atoms with E-state index < -0.39 is 18.5 Å². The van der Waals surface area contributed by atoms with E-state index in [-0.39, 0.29) is 5.88 Å². The van der Waals surface area contributed by atoms with Gasteiger partial charge < -0.3 is 14.0 Å². The van der Waals surface area contributed by atoms with E-state index in [1.807, 2.05) is 31.2 Å². The molecule has 0 aliphatic heterocycles. The van der Waals surface area contributed by atoms with Crippen molar-refractivity contribution >= 4 is 23.8 Å². The summed E-state index contributed by atoms with van der Waals surface area (Å²) < 4.78 is 15.4. The fraction of sp³-hybridized carbons (Fsp3) is 0.125. The van der Waals surface area contributed by atoms with Crippen molar-refractivity contribution in [3.8, 4) is 17.0 Å². The first kappa shape index (κ1) is 21.6. The molecule has 0 bridgehead atoms. The van der Waals surface area contributed by atoms with Crippen LogP contribution in [0.1, 0.15) is 11.1 Å². The highest BCUT2D eigenvalue weighted by Crippen LogP contribution is 2.22. The number of hydrogen-bond donors (Lipinski definition) is 1. The summed E-state index contributed by atoms with van der Waals surface area (Å²) in [5, 5.41) is 6.43. The third-order valence-corrected chi connectivity index (χ3v) is 4.13. The second-order valence-corrected chi connectivity index (χ2v) is 6.60. The quantitative estimate of drug-likeness (QED) is 0.314. The topological polar surface area (TPSA) is 90.7 Å². The van der Waals surface area contributed by atoms with E-state index in [0.29, 0.717) is 18.1 Å². The van der Waals surface area contributed by atoms with Gasteiger partial charge in [-0.3, -0.25) is 10.1 Å². The lowest BCUT2D eigenvalue weighted by Gasteiger charge is -2.03. The van der Waals surface area contributed by atoms with Gasteiger partial charge in [0.1, 0.15) is 18.1 Å². The number of hydrogen-bond acceptors (Lipinski definition) is 6. The van der Waals surface area contributed by atoms with E-state index in [2.05, 4.69) is 17.1 Å². The number of rotatable bonds is 9. The molecule has 1 N–H and O–H groups in total. The summed E-state index contributed by atoms with van der Waals surface area (Å²) in [7, 11) is 0. The lowest BCUT2D eigenvalue weighted by Crippen LogP contribution is -2.19. The lowest BCUT2D eigenvalue weighted by molar-refractivity contribution is -0.142. The summed E-state index contributed by atoms with van der Waals surface area (Å²) in [5.41, 5.74) is 3.38. The fourth-order valence-corrected chi connectivity index (χ4v) is 2.55. The minimum Gasteiger partial charge on any atom is -0.490 e.